The summed E-state index contributed by atoms with van der Waals surface area (Å²) in [7, 11) is 4.33. The molecule has 0 saturated carbocycles. The van der Waals surface area contributed by atoms with Crippen molar-refractivity contribution in [3.8, 4) is 22.9 Å². The third kappa shape index (κ3) is 4.34. The van der Waals surface area contributed by atoms with Gasteiger partial charge in [0.1, 0.15) is 5.82 Å². The number of methoxy groups -OCH3 is 3. The average Bonchev–Trinajstić information content (AvgIpc) is 3.10. The monoisotopic (exact) mass is 442 g/mol. The number of aromatic nitrogens is 2. The SMILES string of the molecule is COc1cc(C(=O)NNC(=O)c2c(C)nn(-c3ccc(F)cc3)c2C)cc(OC)c1OC. The van der Waals surface area contributed by atoms with Crippen molar-refractivity contribution in [2.75, 3.05) is 21.3 Å². The molecule has 3 rings (SSSR count). The van der Waals surface area contributed by atoms with Crippen LogP contribution < -0.4 is 25.1 Å². The van der Waals surface area contributed by atoms with Crippen molar-refractivity contribution in [3.05, 3.63) is 64.7 Å². The lowest BCUT2D eigenvalue weighted by Crippen LogP contribution is -2.42. The number of hydrogen-bond donors (Lipinski definition) is 2. The summed E-state index contributed by atoms with van der Waals surface area (Å²) in [4.78, 5) is 25.4. The van der Waals surface area contributed by atoms with Gasteiger partial charge in [-0.2, -0.15) is 5.10 Å². The second kappa shape index (κ2) is 9.38. The summed E-state index contributed by atoms with van der Waals surface area (Å²) in [6.07, 6.45) is 0. The minimum Gasteiger partial charge on any atom is -0.493 e. The van der Waals surface area contributed by atoms with Gasteiger partial charge in [0.05, 0.1) is 44.0 Å². The standard InChI is InChI=1S/C22H23FN4O5/c1-12-19(13(2)27(26-12)16-8-6-15(23)7-9-16)22(29)25-24-21(28)14-10-17(30-3)20(32-5)18(11-14)31-4/h6-11H,1-5H3,(H,24,28)(H,25,29). The van der Waals surface area contributed by atoms with Crippen molar-refractivity contribution in [3.63, 3.8) is 0 Å². The first kappa shape index (κ1) is 22.6. The van der Waals surface area contributed by atoms with Gasteiger partial charge >= 0.3 is 0 Å². The normalized spacial score (nSPS) is 10.4. The molecule has 0 unspecified atom stereocenters. The second-order valence-electron chi connectivity index (χ2n) is 6.76. The van der Waals surface area contributed by atoms with Crippen LogP contribution in [0.2, 0.25) is 0 Å². The van der Waals surface area contributed by atoms with E-state index in [1.54, 1.807) is 26.0 Å². The zero-order valence-electron chi connectivity index (χ0n) is 18.3. The minimum absolute atomic E-state index is 0.190. The van der Waals surface area contributed by atoms with Gasteiger partial charge < -0.3 is 14.2 Å². The van der Waals surface area contributed by atoms with Crippen LogP contribution in [0.1, 0.15) is 32.1 Å². The Bertz CT molecular complexity index is 1130. The summed E-state index contributed by atoms with van der Waals surface area (Å²) >= 11 is 0. The highest BCUT2D eigenvalue weighted by Gasteiger charge is 2.21. The van der Waals surface area contributed by atoms with E-state index in [0.29, 0.717) is 39.9 Å². The van der Waals surface area contributed by atoms with E-state index in [1.165, 1.54) is 50.3 Å². The first-order valence-electron chi connectivity index (χ1n) is 9.53. The Hall–Kier alpha value is -4.08. The fourth-order valence-electron chi connectivity index (χ4n) is 3.27. The molecule has 1 aromatic heterocycles. The number of halogens is 1. The van der Waals surface area contributed by atoms with Gasteiger partial charge in [-0.25, -0.2) is 9.07 Å². The van der Waals surface area contributed by atoms with E-state index >= 15 is 0 Å². The maximum Gasteiger partial charge on any atom is 0.273 e. The number of nitrogens with zero attached hydrogens (tertiary/aromatic N) is 2. The van der Waals surface area contributed by atoms with Gasteiger partial charge in [-0.05, 0) is 50.2 Å². The van der Waals surface area contributed by atoms with Crippen LogP contribution in [0.5, 0.6) is 17.2 Å². The maximum absolute atomic E-state index is 13.2. The molecule has 0 atom stereocenters. The summed E-state index contributed by atoms with van der Waals surface area (Å²) in [5.74, 6) is -0.558. The maximum atomic E-state index is 13.2. The third-order valence-electron chi connectivity index (χ3n) is 4.81. The molecule has 168 valence electrons. The Labute approximate surface area is 184 Å². The Morgan fingerprint density at radius 1 is 0.906 bits per heavy atom. The van der Waals surface area contributed by atoms with E-state index in [4.69, 9.17) is 14.2 Å². The molecule has 10 heteroatoms. The van der Waals surface area contributed by atoms with Crippen LogP contribution >= 0.6 is 0 Å². The van der Waals surface area contributed by atoms with E-state index in [9.17, 15) is 14.0 Å². The Balaban J connectivity index is 1.79. The van der Waals surface area contributed by atoms with Gasteiger partial charge in [-0.15, -0.1) is 0 Å². The summed E-state index contributed by atoms with van der Waals surface area (Å²) in [6.45, 7) is 3.38. The molecule has 0 bridgehead atoms. The molecule has 3 aromatic rings. The zero-order valence-corrected chi connectivity index (χ0v) is 18.3. The van der Waals surface area contributed by atoms with Crippen molar-refractivity contribution in [1.29, 1.82) is 0 Å². The quantitative estimate of drug-likeness (QED) is 0.569. The van der Waals surface area contributed by atoms with Crippen LogP contribution in [0.3, 0.4) is 0 Å². The summed E-state index contributed by atoms with van der Waals surface area (Å²) < 4.78 is 30.5. The predicted molar refractivity (Wildman–Crippen MR) is 114 cm³/mol. The van der Waals surface area contributed by atoms with Crippen LogP contribution in [0, 0.1) is 19.7 Å². The number of nitrogens with one attached hydrogen (secondary N) is 2. The van der Waals surface area contributed by atoms with Gasteiger partial charge in [0.2, 0.25) is 5.75 Å². The van der Waals surface area contributed by atoms with Crippen molar-refractivity contribution in [2.24, 2.45) is 0 Å². The molecule has 2 amide bonds. The van der Waals surface area contributed by atoms with Gasteiger partial charge in [0, 0.05) is 5.56 Å². The number of aryl methyl sites for hydroxylation is 1. The number of carbonyl (C=O) groups excluding carboxylic acids is 2. The Morgan fingerprint density at radius 2 is 1.47 bits per heavy atom. The van der Waals surface area contributed by atoms with E-state index in [2.05, 4.69) is 16.0 Å². The highest BCUT2D eigenvalue weighted by atomic mass is 19.1. The van der Waals surface area contributed by atoms with E-state index in [-0.39, 0.29) is 11.4 Å². The van der Waals surface area contributed by atoms with Gasteiger partial charge in [0.15, 0.2) is 11.5 Å². The summed E-state index contributed by atoms with van der Waals surface area (Å²) in [5, 5.41) is 4.35. The number of benzene rings is 2. The molecule has 0 saturated heterocycles. The van der Waals surface area contributed by atoms with E-state index in [1.807, 2.05) is 0 Å². The van der Waals surface area contributed by atoms with Crippen LogP contribution in [-0.4, -0.2) is 42.9 Å². The number of hydrogen-bond acceptors (Lipinski definition) is 6. The van der Waals surface area contributed by atoms with Gasteiger partial charge in [0.25, 0.3) is 11.8 Å². The number of ether oxygens (including phenoxy) is 3. The molecule has 1 heterocycles. The molecule has 0 radical (unpaired) electrons. The molecule has 9 nitrogen and oxygen atoms in total. The smallest absolute Gasteiger partial charge is 0.273 e. The number of hydrazine groups is 1. The lowest BCUT2D eigenvalue weighted by atomic mass is 10.1. The molecular weight excluding hydrogens is 419 g/mol. The molecule has 32 heavy (non-hydrogen) atoms. The molecular formula is C22H23FN4O5. The Kier molecular flexibility index (Phi) is 6.62. The van der Waals surface area contributed by atoms with Crippen molar-refractivity contribution in [1.82, 2.24) is 20.6 Å². The fourth-order valence-corrected chi connectivity index (χ4v) is 3.27. The Morgan fingerprint density at radius 3 is 2.00 bits per heavy atom. The summed E-state index contributed by atoms with van der Waals surface area (Å²) in [5.41, 5.74) is 6.83. The van der Waals surface area contributed by atoms with Crippen molar-refractivity contribution >= 4 is 11.8 Å². The van der Waals surface area contributed by atoms with Crippen LogP contribution in [-0.2, 0) is 0 Å². The van der Waals surface area contributed by atoms with E-state index < -0.39 is 11.8 Å². The predicted octanol–water partition coefficient (Wildman–Crippen LogP) is 2.73. The fraction of sp³-hybridized carbons (Fsp3) is 0.227. The minimum atomic E-state index is -0.584. The number of carbonyl (C=O) groups is 2. The van der Waals surface area contributed by atoms with Gasteiger partial charge in [-0.3, -0.25) is 20.4 Å². The highest BCUT2D eigenvalue weighted by molar-refractivity contribution is 6.00. The van der Waals surface area contributed by atoms with Crippen LogP contribution in [0.25, 0.3) is 5.69 Å². The van der Waals surface area contributed by atoms with Crippen LogP contribution in [0.15, 0.2) is 36.4 Å². The van der Waals surface area contributed by atoms with Crippen molar-refractivity contribution in [2.45, 2.75) is 13.8 Å². The first-order chi connectivity index (χ1) is 15.3. The largest absolute Gasteiger partial charge is 0.493 e. The highest BCUT2D eigenvalue weighted by Crippen LogP contribution is 2.38. The molecule has 0 aliphatic heterocycles. The lowest BCUT2D eigenvalue weighted by molar-refractivity contribution is 0.0845. The number of rotatable bonds is 6. The molecule has 2 N–H and O–H groups in total. The zero-order chi connectivity index (χ0) is 23.4. The van der Waals surface area contributed by atoms with Crippen molar-refractivity contribution < 1.29 is 28.2 Å². The van der Waals surface area contributed by atoms with E-state index in [0.717, 1.165) is 0 Å². The topological polar surface area (TPSA) is 104 Å². The number of amides is 2. The molecule has 0 fully saturated rings. The third-order valence-corrected chi connectivity index (χ3v) is 4.81. The molecule has 0 spiro atoms. The average molecular weight is 442 g/mol. The second-order valence-corrected chi connectivity index (χ2v) is 6.76. The summed E-state index contributed by atoms with van der Waals surface area (Å²) in [6, 6.07) is 8.66. The van der Waals surface area contributed by atoms with Gasteiger partial charge in [-0.1, -0.05) is 0 Å². The lowest BCUT2D eigenvalue weighted by Gasteiger charge is -2.14. The first-order valence-corrected chi connectivity index (χ1v) is 9.53. The molecule has 2 aromatic carbocycles. The molecule has 0 aliphatic rings. The molecule has 0 aliphatic carbocycles. The van der Waals surface area contributed by atoms with Crippen LogP contribution in [0.4, 0.5) is 4.39 Å².